The van der Waals surface area contributed by atoms with E-state index in [0.717, 1.165) is 12.1 Å². The van der Waals surface area contributed by atoms with Gasteiger partial charge in [0.1, 0.15) is 35.3 Å². The van der Waals surface area contributed by atoms with Gasteiger partial charge in [-0.1, -0.05) is 12.1 Å². The third kappa shape index (κ3) is 5.31. The number of benzene rings is 2. The number of Topliss-reactive ketones (excluding diaryl/α,β-unsaturated/α-hetero) is 1. The molecule has 3 rings (SSSR count). The molecule has 0 fully saturated rings. The maximum absolute atomic E-state index is 13.7. The summed E-state index contributed by atoms with van der Waals surface area (Å²) >= 11 is 0. The first-order valence-corrected chi connectivity index (χ1v) is 9.07. The van der Waals surface area contributed by atoms with Gasteiger partial charge in [0.05, 0.1) is 11.8 Å². The highest BCUT2D eigenvalue weighted by Crippen LogP contribution is 2.36. The van der Waals surface area contributed by atoms with Crippen LogP contribution in [0.1, 0.15) is 18.9 Å². The Bertz CT molecular complexity index is 1050. The van der Waals surface area contributed by atoms with Crippen molar-refractivity contribution in [1.82, 2.24) is 4.98 Å². The Morgan fingerprint density at radius 3 is 2.43 bits per heavy atom. The Morgan fingerprint density at radius 1 is 1.07 bits per heavy atom. The van der Waals surface area contributed by atoms with Crippen molar-refractivity contribution in [3.05, 3.63) is 71.9 Å². The minimum atomic E-state index is -4.60. The van der Waals surface area contributed by atoms with E-state index in [1.54, 1.807) is 6.07 Å². The second-order valence-corrected chi connectivity index (χ2v) is 7.35. The fourth-order valence-corrected chi connectivity index (χ4v) is 3.11. The second-order valence-electron chi connectivity index (χ2n) is 7.35. The highest BCUT2D eigenvalue weighted by atomic mass is 19.4. The SMILES string of the molecule is CC(COc1ccc(F)cc1)(CC(F)(F)F)C(=O)Cc1cnc2c(F)cccc2c1. The van der Waals surface area contributed by atoms with Crippen LogP contribution in [0.2, 0.25) is 0 Å². The second kappa shape index (κ2) is 8.38. The Balaban J connectivity index is 1.81. The van der Waals surface area contributed by atoms with Gasteiger partial charge in [-0.25, -0.2) is 8.78 Å². The molecule has 1 aromatic heterocycles. The lowest BCUT2D eigenvalue weighted by Gasteiger charge is -2.29. The van der Waals surface area contributed by atoms with E-state index in [1.165, 1.54) is 43.5 Å². The molecule has 0 saturated carbocycles. The number of carbonyl (C=O) groups is 1. The van der Waals surface area contributed by atoms with Crippen LogP contribution in [0.4, 0.5) is 22.0 Å². The van der Waals surface area contributed by atoms with E-state index in [0.29, 0.717) is 10.9 Å². The number of hydrogen-bond donors (Lipinski definition) is 0. The van der Waals surface area contributed by atoms with Gasteiger partial charge < -0.3 is 4.74 Å². The number of ketones is 1. The zero-order chi connectivity index (χ0) is 21.9. The molecule has 0 saturated heterocycles. The van der Waals surface area contributed by atoms with Crippen LogP contribution < -0.4 is 4.74 Å². The predicted octanol–water partition coefficient (Wildman–Crippen LogP) is 5.66. The van der Waals surface area contributed by atoms with Crippen LogP contribution in [-0.2, 0) is 11.2 Å². The minimum absolute atomic E-state index is 0.117. The van der Waals surface area contributed by atoms with E-state index >= 15 is 0 Å². The number of para-hydroxylation sites is 1. The molecule has 30 heavy (non-hydrogen) atoms. The monoisotopic (exact) mass is 423 g/mol. The molecule has 0 aliphatic heterocycles. The van der Waals surface area contributed by atoms with Gasteiger partial charge in [0.25, 0.3) is 0 Å². The molecule has 2 aromatic carbocycles. The van der Waals surface area contributed by atoms with Crippen LogP contribution in [0.3, 0.4) is 0 Å². The van der Waals surface area contributed by atoms with Crippen molar-refractivity contribution in [1.29, 1.82) is 0 Å². The summed E-state index contributed by atoms with van der Waals surface area (Å²) in [5.74, 6) is -1.59. The Hall–Kier alpha value is -3.03. The molecule has 0 aliphatic carbocycles. The van der Waals surface area contributed by atoms with Crippen molar-refractivity contribution >= 4 is 16.7 Å². The first-order valence-electron chi connectivity index (χ1n) is 9.07. The summed E-state index contributed by atoms with van der Waals surface area (Å²) in [6, 6.07) is 10.6. The molecule has 0 amide bonds. The maximum Gasteiger partial charge on any atom is 0.390 e. The topological polar surface area (TPSA) is 39.2 Å². The van der Waals surface area contributed by atoms with Gasteiger partial charge in [0.15, 0.2) is 0 Å². The summed E-state index contributed by atoms with van der Waals surface area (Å²) in [7, 11) is 0. The number of pyridine rings is 1. The van der Waals surface area contributed by atoms with Crippen LogP contribution in [0.5, 0.6) is 5.75 Å². The van der Waals surface area contributed by atoms with Crippen LogP contribution in [0, 0.1) is 17.0 Å². The van der Waals surface area contributed by atoms with Gasteiger partial charge in [-0.2, -0.15) is 13.2 Å². The quantitative estimate of drug-likeness (QED) is 0.460. The average molecular weight is 423 g/mol. The summed E-state index contributed by atoms with van der Waals surface area (Å²) in [6.45, 7) is 0.646. The number of fused-ring (bicyclic) bond motifs is 1. The summed E-state index contributed by atoms with van der Waals surface area (Å²) in [5.41, 5.74) is -1.39. The van der Waals surface area contributed by atoms with E-state index in [4.69, 9.17) is 4.74 Å². The van der Waals surface area contributed by atoms with Crippen molar-refractivity contribution in [3.63, 3.8) is 0 Å². The molecule has 1 unspecified atom stereocenters. The number of ether oxygens (including phenoxy) is 1. The minimum Gasteiger partial charge on any atom is -0.493 e. The first-order chi connectivity index (χ1) is 14.1. The molecular formula is C22H18F5NO2. The number of aromatic nitrogens is 1. The van der Waals surface area contributed by atoms with E-state index in [2.05, 4.69) is 4.98 Å². The third-order valence-electron chi connectivity index (χ3n) is 4.72. The van der Waals surface area contributed by atoms with Gasteiger partial charge in [-0.3, -0.25) is 9.78 Å². The van der Waals surface area contributed by atoms with Crippen LogP contribution >= 0.6 is 0 Å². The molecule has 8 heteroatoms. The molecule has 0 bridgehead atoms. The summed E-state index contributed by atoms with van der Waals surface area (Å²) < 4.78 is 71.6. The van der Waals surface area contributed by atoms with Crippen LogP contribution in [0.15, 0.2) is 54.7 Å². The van der Waals surface area contributed by atoms with Gasteiger partial charge in [-0.05, 0) is 48.9 Å². The normalized spacial score (nSPS) is 13.8. The average Bonchev–Trinajstić information content (AvgIpc) is 2.66. The molecule has 0 aliphatic rings. The largest absolute Gasteiger partial charge is 0.493 e. The molecule has 0 N–H and O–H groups in total. The molecule has 3 nitrogen and oxygen atoms in total. The van der Waals surface area contributed by atoms with Gasteiger partial charge in [0.2, 0.25) is 0 Å². The van der Waals surface area contributed by atoms with Crippen molar-refractivity contribution in [2.75, 3.05) is 6.61 Å². The fraction of sp³-hybridized carbons (Fsp3) is 0.273. The van der Waals surface area contributed by atoms with Crippen molar-refractivity contribution in [2.45, 2.75) is 25.9 Å². The number of halogens is 5. The van der Waals surface area contributed by atoms with E-state index < -0.39 is 42.0 Å². The standard InChI is InChI=1S/C22H18F5NO2/c1-21(12-22(25,26)27,13-30-17-7-5-16(23)6-8-17)19(29)10-14-9-15-3-2-4-18(24)20(15)28-11-14/h2-9,11H,10,12-13H2,1H3. The van der Waals surface area contributed by atoms with E-state index in [9.17, 15) is 26.7 Å². The summed E-state index contributed by atoms with van der Waals surface area (Å²) in [6.07, 6.45) is -5.02. The summed E-state index contributed by atoms with van der Waals surface area (Å²) in [5, 5.41) is 0.445. The van der Waals surface area contributed by atoms with Gasteiger partial charge in [0, 0.05) is 18.0 Å². The maximum atomic E-state index is 13.7. The van der Waals surface area contributed by atoms with Gasteiger partial charge >= 0.3 is 6.18 Å². The zero-order valence-electron chi connectivity index (χ0n) is 16.0. The Kier molecular flexibility index (Phi) is 6.05. The molecule has 1 atom stereocenters. The Labute approximate surface area is 169 Å². The Morgan fingerprint density at radius 2 is 1.77 bits per heavy atom. The molecule has 0 spiro atoms. The molecule has 0 radical (unpaired) electrons. The zero-order valence-corrected chi connectivity index (χ0v) is 16.0. The number of rotatable bonds is 7. The number of alkyl halides is 3. The summed E-state index contributed by atoms with van der Waals surface area (Å²) in [4.78, 5) is 16.8. The molecule has 1 heterocycles. The van der Waals surface area contributed by atoms with Crippen LogP contribution in [0.25, 0.3) is 10.9 Å². The lowest BCUT2D eigenvalue weighted by molar-refractivity contribution is -0.168. The first kappa shape index (κ1) is 21.7. The molecule has 158 valence electrons. The fourth-order valence-electron chi connectivity index (χ4n) is 3.11. The van der Waals surface area contributed by atoms with E-state index in [-0.39, 0.29) is 17.7 Å². The lowest BCUT2D eigenvalue weighted by atomic mass is 9.80. The molecule has 3 aromatic rings. The van der Waals surface area contributed by atoms with Crippen LogP contribution in [-0.4, -0.2) is 23.6 Å². The third-order valence-corrected chi connectivity index (χ3v) is 4.72. The highest BCUT2D eigenvalue weighted by Gasteiger charge is 2.44. The van der Waals surface area contributed by atoms with Crippen molar-refractivity contribution < 1.29 is 31.5 Å². The number of nitrogens with zero attached hydrogens (tertiary/aromatic N) is 1. The smallest absolute Gasteiger partial charge is 0.390 e. The number of carbonyl (C=O) groups excluding carboxylic acids is 1. The van der Waals surface area contributed by atoms with Gasteiger partial charge in [-0.15, -0.1) is 0 Å². The molecular weight excluding hydrogens is 405 g/mol. The highest BCUT2D eigenvalue weighted by molar-refractivity contribution is 5.88. The van der Waals surface area contributed by atoms with Crippen molar-refractivity contribution in [2.24, 2.45) is 5.41 Å². The predicted molar refractivity (Wildman–Crippen MR) is 101 cm³/mol. The van der Waals surface area contributed by atoms with E-state index in [1.807, 2.05) is 0 Å². The van der Waals surface area contributed by atoms with Crippen molar-refractivity contribution in [3.8, 4) is 5.75 Å². The number of hydrogen-bond acceptors (Lipinski definition) is 3. The lowest BCUT2D eigenvalue weighted by Crippen LogP contribution is -2.39.